The minimum absolute atomic E-state index is 0.102. The van der Waals surface area contributed by atoms with Crippen LogP contribution in [0.4, 0.5) is 0 Å². The van der Waals surface area contributed by atoms with E-state index >= 15 is 0 Å². The normalized spacial score (nSPS) is 10.3. The van der Waals surface area contributed by atoms with Gasteiger partial charge >= 0.3 is 5.97 Å². The van der Waals surface area contributed by atoms with Crippen molar-refractivity contribution in [1.82, 2.24) is 0 Å². The molecular weight excluding hydrogens is 310 g/mol. The Labute approximate surface area is 124 Å². The summed E-state index contributed by atoms with van der Waals surface area (Å²) in [5.41, 5.74) is -0.102. The van der Waals surface area contributed by atoms with Gasteiger partial charge in [-0.3, -0.25) is 0 Å². The van der Waals surface area contributed by atoms with E-state index in [0.29, 0.717) is 15.8 Å². The van der Waals surface area contributed by atoms with E-state index in [1.807, 2.05) is 0 Å². The zero-order valence-electron chi connectivity index (χ0n) is 9.36. The Morgan fingerprint density at radius 1 is 1.00 bits per heavy atom. The molecule has 2 aromatic carbocycles. The van der Waals surface area contributed by atoms with Crippen LogP contribution >= 0.6 is 34.8 Å². The highest BCUT2D eigenvalue weighted by molar-refractivity contribution is 6.42. The van der Waals surface area contributed by atoms with Gasteiger partial charge in [-0.1, -0.05) is 40.9 Å². The van der Waals surface area contributed by atoms with Crippen LogP contribution in [0.1, 0.15) is 10.4 Å². The maximum absolute atomic E-state index is 11.1. The molecule has 0 bridgehead atoms. The van der Waals surface area contributed by atoms with Crippen molar-refractivity contribution in [1.29, 1.82) is 0 Å². The molecule has 0 spiro atoms. The van der Waals surface area contributed by atoms with Gasteiger partial charge in [0, 0.05) is 6.07 Å². The van der Waals surface area contributed by atoms with E-state index < -0.39 is 5.97 Å². The molecule has 0 unspecified atom stereocenters. The predicted octanol–water partition coefficient (Wildman–Crippen LogP) is 5.14. The summed E-state index contributed by atoms with van der Waals surface area (Å²) < 4.78 is 5.48. The Hall–Kier alpha value is -1.42. The van der Waals surface area contributed by atoms with Gasteiger partial charge in [0.2, 0.25) is 0 Å². The summed E-state index contributed by atoms with van der Waals surface area (Å²) in [6.45, 7) is 0. The van der Waals surface area contributed by atoms with E-state index in [9.17, 15) is 4.79 Å². The molecule has 3 nitrogen and oxygen atoms in total. The van der Waals surface area contributed by atoms with E-state index in [2.05, 4.69) is 0 Å². The molecule has 98 valence electrons. The molecule has 0 amide bonds. The van der Waals surface area contributed by atoms with Crippen molar-refractivity contribution < 1.29 is 14.6 Å². The van der Waals surface area contributed by atoms with Gasteiger partial charge in [0.05, 0.1) is 15.1 Å². The molecule has 0 aliphatic heterocycles. The zero-order valence-corrected chi connectivity index (χ0v) is 11.6. The monoisotopic (exact) mass is 316 g/mol. The summed E-state index contributed by atoms with van der Waals surface area (Å²) in [5.74, 6) is -0.654. The summed E-state index contributed by atoms with van der Waals surface area (Å²) in [5, 5.41) is 9.92. The second kappa shape index (κ2) is 5.70. The van der Waals surface area contributed by atoms with Crippen LogP contribution in [0.3, 0.4) is 0 Å². The minimum Gasteiger partial charge on any atom is -0.478 e. The van der Waals surface area contributed by atoms with Crippen LogP contribution < -0.4 is 4.74 Å². The molecule has 2 rings (SSSR count). The van der Waals surface area contributed by atoms with Crippen LogP contribution in [0.15, 0.2) is 36.4 Å². The zero-order chi connectivity index (χ0) is 14.0. The molecular formula is C13H7Cl3O3. The summed E-state index contributed by atoms with van der Waals surface area (Å²) >= 11 is 17.5. The molecule has 0 heterocycles. The second-order valence-electron chi connectivity index (χ2n) is 3.60. The third-order valence-corrected chi connectivity index (χ3v) is 3.36. The first kappa shape index (κ1) is 14.0. The summed E-state index contributed by atoms with van der Waals surface area (Å²) in [4.78, 5) is 11.1. The second-order valence-corrected chi connectivity index (χ2v) is 4.82. The lowest BCUT2D eigenvalue weighted by Gasteiger charge is -2.10. The van der Waals surface area contributed by atoms with Crippen LogP contribution in [0, 0.1) is 0 Å². The largest absolute Gasteiger partial charge is 0.478 e. The van der Waals surface area contributed by atoms with E-state index in [1.54, 1.807) is 18.2 Å². The lowest BCUT2D eigenvalue weighted by molar-refractivity contribution is 0.0694. The standard InChI is InChI=1S/C13H7Cl3O3/c14-8-5-4-7(6-10(8)16)19-11-3-1-2-9(15)12(11)13(17)18/h1-6H,(H,17,18). The van der Waals surface area contributed by atoms with Crippen LogP contribution in [-0.2, 0) is 0 Å². The van der Waals surface area contributed by atoms with Crippen LogP contribution in [0.2, 0.25) is 15.1 Å². The van der Waals surface area contributed by atoms with Gasteiger partial charge in [-0.25, -0.2) is 4.79 Å². The van der Waals surface area contributed by atoms with Crippen molar-refractivity contribution in [2.24, 2.45) is 0 Å². The maximum Gasteiger partial charge on any atom is 0.341 e. The molecule has 0 atom stereocenters. The Bertz CT molecular complexity index is 641. The number of hydrogen-bond acceptors (Lipinski definition) is 2. The number of aromatic carboxylic acids is 1. The fourth-order valence-electron chi connectivity index (χ4n) is 1.46. The van der Waals surface area contributed by atoms with Crippen molar-refractivity contribution in [2.75, 3.05) is 0 Å². The maximum atomic E-state index is 11.1. The van der Waals surface area contributed by atoms with Crippen molar-refractivity contribution >= 4 is 40.8 Å². The molecule has 0 aliphatic rings. The number of hydrogen-bond donors (Lipinski definition) is 1. The summed E-state index contributed by atoms with van der Waals surface area (Å²) in [7, 11) is 0. The van der Waals surface area contributed by atoms with Crippen LogP contribution in [0.25, 0.3) is 0 Å². The van der Waals surface area contributed by atoms with Gasteiger partial charge < -0.3 is 9.84 Å². The smallest absolute Gasteiger partial charge is 0.341 e. The molecule has 0 saturated heterocycles. The first-order valence-corrected chi connectivity index (χ1v) is 6.27. The SMILES string of the molecule is O=C(O)c1c(Cl)cccc1Oc1ccc(Cl)c(Cl)c1. The highest BCUT2D eigenvalue weighted by Gasteiger charge is 2.16. The first-order chi connectivity index (χ1) is 8.99. The summed E-state index contributed by atoms with van der Waals surface area (Å²) in [6, 6.07) is 9.23. The molecule has 0 aliphatic carbocycles. The quantitative estimate of drug-likeness (QED) is 0.853. The number of rotatable bonds is 3. The van der Waals surface area contributed by atoms with Gasteiger partial charge in [-0.05, 0) is 24.3 Å². The van der Waals surface area contributed by atoms with E-state index in [-0.39, 0.29) is 16.3 Å². The highest BCUT2D eigenvalue weighted by atomic mass is 35.5. The van der Waals surface area contributed by atoms with Crippen molar-refractivity contribution in [3.63, 3.8) is 0 Å². The van der Waals surface area contributed by atoms with Crippen molar-refractivity contribution in [3.05, 3.63) is 57.0 Å². The fourth-order valence-corrected chi connectivity index (χ4v) is 2.00. The lowest BCUT2D eigenvalue weighted by Crippen LogP contribution is -2.01. The number of carboxylic acid groups (broad SMARTS) is 1. The number of ether oxygens (including phenoxy) is 1. The van der Waals surface area contributed by atoms with Crippen molar-refractivity contribution in [2.45, 2.75) is 0 Å². The van der Waals surface area contributed by atoms with Crippen LogP contribution in [0.5, 0.6) is 11.5 Å². The Kier molecular flexibility index (Phi) is 4.20. The average molecular weight is 318 g/mol. The van der Waals surface area contributed by atoms with Crippen LogP contribution in [-0.4, -0.2) is 11.1 Å². The van der Waals surface area contributed by atoms with Crippen molar-refractivity contribution in [3.8, 4) is 11.5 Å². The van der Waals surface area contributed by atoms with Gasteiger partial charge in [-0.15, -0.1) is 0 Å². The Morgan fingerprint density at radius 2 is 1.74 bits per heavy atom. The third-order valence-electron chi connectivity index (χ3n) is 2.31. The van der Waals surface area contributed by atoms with Gasteiger partial charge in [0.1, 0.15) is 17.1 Å². The highest BCUT2D eigenvalue weighted by Crippen LogP contribution is 2.33. The Morgan fingerprint density at radius 3 is 2.37 bits per heavy atom. The lowest BCUT2D eigenvalue weighted by atomic mass is 10.2. The predicted molar refractivity (Wildman–Crippen MR) is 74.9 cm³/mol. The number of carboxylic acids is 1. The topological polar surface area (TPSA) is 46.5 Å². The molecule has 0 saturated carbocycles. The molecule has 6 heteroatoms. The van der Waals surface area contributed by atoms with Gasteiger partial charge in [0.25, 0.3) is 0 Å². The van der Waals surface area contributed by atoms with E-state index in [0.717, 1.165) is 0 Å². The molecule has 0 radical (unpaired) electrons. The molecule has 19 heavy (non-hydrogen) atoms. The molecule has 2 aromatic rings. The van der Waals surface area contributed by atoms with Gasteiger partial charge in [-0.2, -0.15) is 0 Å². The Balaban J connectivity index is 2.40. The number of halogens is 3. The minimum atomic E-state index is -1.17. The number of carbonyl (C=O) groups is 1. The fraction of sp³-hybridized carbons (Fsp3) is 0. The third kappa shape index (κ3) is 3.13. The average Bonchev–Trinajstić information content (AvgIpc) is 2.33. The first-order valence-electron chi connectivity index (χ1n) is 5.13. The molecule has 0 fully saturated rings. The number of benzene rings is 2. The van der Waals surface area contributed by atoms with E-state index in [1.165, 1.54) is 18.2 Å². The van der Waals surface area contributed by atoms with Gasteiger partial charge in [0.15, 0.2) is 0 Å². The van der Waals surface area contributed by atoms with E-state index in [4.69, 9.17) is 44.6 Å². The molecule has 1 N–H and O–H groups in total. The molecule has 0 aromatic heterocycles. The summed E-state index contributed by atoms with van der Waals surface area (Å²) in [6.07, 6.45) is 0.